The molecule has 2 nitrogen and oxygen atoms in total. The first kappa shape index (κ1) is 44.8. The maximum absolute atomic E-state index is 13.1. The molecule has 0 aliphatic rings. The summed E-state index contributed by atoms with van der Waals surface area (Å²) in [4.78, 5) is 25.9. The zero-order chi connectivity index (χ0) is 33.8. The fourth-order valence-electron chi connectivity index (χ4n) is 6.67. The Morgan fingerprint density at radius 2 is 0.848 bits per heavy atom. The summed E-state index contributed by atoms with van der Waals surface area (Å²) in [6.45, 7) is 10.6. The maximum Gasteiger partial charge on any atom is 0.136 e. The van der Waals surface area contributed by atoms with Crippen molar-refractivity contribution in [2.45, 2.75) is 239 Å². The maximum atomic E-state index is 13.1. The molecular weight excluding hydrogens is 560 g/mol. The van der Waals surface area contributed by atoms with Crippen molar-refractivity contribution in [3.05, 3.63) is 24.3 Å². The first-order valence-corrected chi connectivity index (χ1v) is 20.8. The van der Waals surface area contributed by atoms with Crippen LogP contribution in [0.25, 0.3) is 0 Å². The van der Waals surface area contributed by atoms with Crippen LogP contribution in [-0.2, 0) is 9.59 Å². The molecule has 46 heavy (non-hydrogen) atoms. The van der Waals surface area contributed by atoms with Crippen LogP contribution >= 0.6 is 0 Å². The highest BCUT2D eigenvalue weighted by Crippen LogP contribution is 2.22. The lowest BCUT2D eigenvalue weighted by Gasteiger charge is -2.15. The lowest BCUT2D eigenvalue weighted by Crippen LogP contribution is -2.19. The Morgan fingerprint density at radius 1 is 0.478 bits per heavy atom. The van der Waals surface area contributed by atoms with Crippen LogP contribution < -0.4 is 0 Å². The van der Waals surface area contributed by atoms with E-state index in [1.165, 1.54) is 160 Å². The molecule has 0 radical (unpaired) electrons. The Bertz CT molecular complexity index is 705. The van der Waals surface area contributed by atoms with Crippen LogP contribution in [0.4, 0.5) is 0 Å². The molecule has 0 aromatic rings. The molecule has 270 valence electrons. The minimum atomic E-state index is -0.0679. The molecule has 0 aliphatic carbocycles. The van der Waals surface area contributed by atoms with E-state index in [1.807, 2.05) is 0 Å². The number of hydrogen-bond donors (Lipinski definition) is 0. The predicted octanol–water partition coefficient (Wildman–Crippen LogP) is 15.2. The number of carbonyl (C=O) groups is 2. The Labute approximate surface area is 289 Å². The molecule has 0 rings (SSSR count). The van der Waals surface area contributed by atoms with E-state index < -0.39 is 0 Å². The molecule has 0 fully saturated rings. The predicted molar refractivity (Wildman–Crippen MR) is 206 cm³/mol. The topological polar surface area (TPSA) is 34.1 Å². The average Bonchev–Trinajstić information content (AvgIpc) is 3.04. The van der Waals surface area contributed by atoms with Crippen molar-refractivity contribution in [3.8, 4) is 0 Å². The van der Waals surface area contributed by atoms with Gasteiger partial charge in [0.05, 0.1) is 0 Å². The van der Waals surface area contributed by atoms with Gasteiger partial charge in [-0.05, 0) is 64.7 Å². The van der Waals surface area contributed by atoms with Crippen molar-refractivity contribution in [2.75, 3.05) is 0 Å². The van der Waals surface area contributed by atoms with Gasteiger partial charge in [0.1, 0.15) is 11.6 Å². The van der Waals surface area contributed by atoms with E-state index in [4.69, 9.17) is 0 Å². The minimum absolute atomic E-state index is 0.0679. The number of unbranched alkanes of at least 4 members (excludes halogenated alkanes) is 25. The van der Waals surface area contributed by atoms with E-state index in [9.17, 15) is 9.59 Å². The Morgan fingerprint density at radius 3 is 1.26 bits per heavy atom. The van der Waals surface area contributed by atoms with Crippen LogP contribution in [0.5, 0.6) is 0 Å². The monoisotopic (exact) mass is 643 g/mol. The zero-order valence-corrected chi connectivity index (χ0v) is 31.8. The second-order valence-electron chi connectivity index (χ2n) is 14.8. The summed E-state index contributed by atoms with van der Waals surface area (Å²) in [5, 5.41) is 0. The van der Waals surface area contributed by atoms with Crippen LogP contribution in [0.2, 0.25) is 0 Å². The molecular formula is C44H82O2. The normalized spacial score (nSPS) is 12.2. The minimum Gasteiger partial charge on any atom is -0.300 e. The van der Waals surface area contributed by atoms with Gasteiger partial charge in [0.15, 0.2) is 0 Å². The van der Waals surface area contributed by atoms with Crippen molar-refractivity contribution in [2.24, 2.45) is 5.92 Å². The number of Topliss-reactive ketones (excluding diaryl/α,β-unsaturated/α-hetero) is 2. The number of carbonyl (C=O) groups excluding carboxylic acids is 2. The van der Waals surface area contributed by atoms with Gasteiger partial charge in [-0.1, -0.05) is 173 Å². The smallest absolute Gasteiger partial charge is 0.136 e. The van der Waals surface area contributed by atoms with Crippen molar-refractivity contribution >= 4 is 11.6 Å². The van der Waals surface area contributed by atoms with E-state index in [2.05, 4.69) is 39.5 Å². The van der Waals surface area contributed by atoms with Crippen molar-refractivity contribution < 1.29 is 9.59 Å². The highest BCUT2D eigenvalue weighted by molar-refractivity contribution is 5.87. The van der Waals surface area contributed by atoms with Crippen molar-refractivity contribution in [1.82, 2.24) is 0 Å². The molecule has 0 bridgehead atoms. The van der Waals surface area contributed by atoms with E-state index in [-0.39, 0.29) is 5.92 Å². The Hall–Kier alpha value is -1.18. The standard InChI is InChI=1S/C44H82O2/c1-5-7-9-11-13-15-17-19-21-23-25-27-29-31-33-38-43(45)40-42(37-35-36-41(3)4)44(46)39-34-32-30-28-26-24-22-20-18-16-14-12-10-8-6-2/h19,21,42H,3,5-18,20,22-40H2,1-2,4H3/b21-19-/t42-/m1/s1. The molecule has 0 N–H and O–H groups in total. The van der Waals surface area contributed by atoms with Crippen molar-refractivity contribution in [1.29, 1.82) is 0 Å². The highest BCUT2D eigenvalue weighted by atomic mass is 16.1. The van der Waals surface area contributed by atoms with Crippen LogP contribution in [0.15, 0.2) is 24.3 Å². The van der Waals surface area contributed by atoms with Gasteiger partial charge in [0.25, 0.3) is 0 Å². The van der Waals surface area contributed by atoms with E-state index in [0.717, 1.165) is 44.9 Å². The second kappa shape index (κ2) is 36.7. The molecule has 2 heteroatoms. The van der Waals surface area contributed by atoms with Crippen LogP contribution in [0.1, 0.15) is 239 Å². The summed E-state index contributed by atoms with van der Waals surface area (Å²) >= 11 is 0. The summed E-state index contributed by atoms with van der Waals surface area (Å²) < 4.78 is 0. The lowest BCUT2D eigenvalue weighted by atomic mass is 9.87. The third kappa shape index (κ3) is 34.2. The van der Waals surface area contributed by atoms with Gasteiger partial charge < -0.3 is 0 Å². The molecule has 0 aromatic heterocycles. The Balaban J connectivity index is 3.94. The first-order chi connectivity index (χ1) is 22.5. The molecule has 0 saturated heterocycles. The fraction of sp³-hybridized carbons (Fsp3) is 0.864. The molecule has 0 saturated carbocycles. The molecule has 0 spiro atoms. The summed E-state index contributed by atoms with van der Waals surface area (Å²) in [7, 11) is 0. The van der Waals surface area contributed by atoms with Crippen LogP contribution in [0.3, 0.4) is 0 Å². The molecule has 0 unspecified atom stereocenters. The molecule has 0 aliphatic heterocycles. The first-order valence-electron chi connectivity index (χ1n) is 20.8. The zero-order valence-electron chi connectivity index (χ0n) is 31.8. The molecule has 1 atom stereocenters. The number of allylic oxidation sites excluding steroid dienone is 3. The van der Waals surface area contributed by atoms with Gasteiger partial charge in [-0.25, -0.2) is 0 Å². The van der Waals surface area contributed by atoms with E-state index >= 15 is 0 Å². The van der Waals surface area contributed by atoms with Crippen LogP contribution in [-0.4, -0.2) is 11.6 Å². The van der Waals surface area contributed by atoms with E-state index in [0.29, 0.717) is 30.8 Å². The summed E-state index contributed by atoms with van der Waals surface area (Å²) in [5.74, 6) is 0.582. The van der Waals surface area contributed by atoms with Gasteiger partial charge in [-0.2, -0.15) is 0 Å². The van der Waals surface area contributed by atoms with E-state index in [1.54, 1.807) is 0 Å². The van der Waals surface area contributed by atoms with Gasteiger partial charge >= 0.3 is 0 Å². The SMILES string of the molecule is C=C(C)CCC[C@H](CC(=O)CCCCCCC/C=C\CCCCCCCC)C(=O)CCCCCCCCCCCCCCCCC. The fourth-order valence-corrected chi connectivity index (χ4v) is 6.67. The molecule has 0 heterocycles. The number of hydrogen-bond acceptors (Lipinski definition) is 2. The Kier molecular flexibility index (Phi) is 35.7. The molecule has 0 aromatic carbocycles. The summed E-state index contributed by atoms with van der Waals surface area (Å²) in [5.41, 5.74) is 1.17. The number of ketones is 2. The number of rotatable bonds is 38. The summed E-state index contributed by atoms with van der Waals surface area (Å²) in [6, 6.07) is 0. The lowest BCUT2D eigenvalue weighted by molar-refractivity contribution is -0.128. The largest absolute Gasteiger partial charge is 0.300 e. The van der Waals surface area contributed by atoms with Crippen LogP contribution in [0, 0.1) is 5.92 Å². The van der Waals surface area contributed by atoms with Gasteiger partial charge in [-0.15, -0.1) is 6.58 Å². The van der Waals surface area contributed by atoms with Gasteiger partial charge in [0, 0.05) is 25.2 Å². The third-order valence-electron chi connectivity index (χ3n) is 9.83. The third-order valence-corrected chi connectivity index (χ3v) is 9.83. The van der Waals surface area contributed by atoms with Crippen molar-refractivity contribution in [3.63, 3.8) is 0 Å². The van der Waals surface area contributed by atoms with Gasteiger partial charge in [-0.3, -0.25) is 9.59 Å². The van der Waals surface area contributed by atoms with Gasteiger partial charge in [0.2, 0.25) is 0 Å². The average molecular weight is 643 g/mol. The summed E-state index contributed by atoms with van der Waals surface area (Å²) in [6.07, 6.45) is 46.0. The highest BCUT2D eigenvalue weighted by Gasteiger charge is 2.21. The second-order valence-corrected chi connectivity index (χ2v) is 14.8. The molecule has 0 amide bonds. The quantitative estimate of drug-likeness (QED) is 0.0496.